The molecule has 0 aliphatic carbocycles. The van der Waals surface area contributed by atoms with Crippen LogP contribution in [0.15, 0.2) is 12.7 Å². The average Bonchev–Trinajstić information content (AvgIpc) is 2.68. The molecule has 18 heavy (non-hydrogen) atoms. The first kappa shape index (κ1) is 12.6. The Morgan fingerprint density at radius 3 is 2.78 bits per heavy atom. The fourth-order valence-corrected chi connectivity index (χ4v) is 1.41. The molecular formula is C9H10F3N5O. The van der Waals surface area contributed by atoms with Crippen molar-refractivity contribution in [2.45, 2.75) is 12.7 Å². The summed E-state index contributed by atoms with van der Waals surface area (Å²) in [6, 6.07) is 0. The van der Waals surface area contributed by atoms with Gasteiger partial charge >= 0.3 is 6.18 Å². The Labute approximate surface area is 99.6 Å². The summed E-state index contributed by atoms with van der Waals surface area (Å²) in [5, 5.41) is 0. The summed E-state index contributed by atoms with van der Waals surface area (Å²) in [5.74, 6) is 0.231. The van der Waals surface area contributed by atoms with Gasteiger partial charge in [0.15, 0.2) is 11.5 Å². The van der Waals surface area contributed by atoms with Crippen molar-refractivity contribution >= 4 is 17.0 Å². The van der Waals surface area contributed by atoms with E-state index >= 15 is 0 Å². The summed E-state index contributed by atoms with van der Waals surface area (Å²) in [5.41, 5.74) is 6.47. The molecule has 2 N–H and O–H groups in total. The maximum absolute atomic E-state index is 11.8. The summed E-state index contributed by atoms with van der Waals surface area (Å²) in [4.78, 5) is 11.7. The Kier molecular flexibility index (Phi) is 3.32. The summed E-state index contributed by atoms with van der Waals surface area (Å²) < 4.78 is 41.6. The smallest absolute Gasteiger partial charge is 0.382 e. The zero-order valence-electron chi connectivity index (χ0n) is 9.18. The number of fused-ring (bicyclic) bond motifs is 1. The SMILES string of the molecule is Nc1ncnc2c1ncn2CCOCC(F)(F)F. The number of nitrogen functional groups attached to an aromatic ring is 1. The molecule has 0 bridgehead atoms. The van der Waals surface area contributed by atoms with Crippen LogP contribution >= 0.6 is 0 Å². The molecule has 2 rings (SSSR count). The molecule has 0 aliphatic heterocycles. The third-order valence-electron chi connectivity index (χ3n) is 2.17. The van der Waals surface area contributed by atoms with Gasteiger partial charge < -0.3 is 15.0 Å². The zero-order valence-corrected chi connectivity index (χ0v) is 9.18. The van der Waals surface area contributed by atoms with Crippen LogP contribution < -0.4 is 5.73 Å². The number of hydrogen-bond acceptors (Lipinski definition) is 5. The van der Waals surface area contributed by atoms with E-state index in [2.05, 4.69) is 19.7 Å². The van der Waals surface area contributed by atoms with E-state index < -0.39 is 12.8 Å². The Morgan fingerprint density at radius 2 is 2.06 bits per heavy atom. The maximum Gasteiger partial charge on any atom is 0.411 e. The van der Waals surface area contributed by atoms with Crippen molar-refractivity contribution in [2.24, 2.45) is 0 Å². The molecule has 2 heterocycles. The number of anilines is 1. The zero-order chi connectivity index (χ0) is 13.2. The largest absolute Gasteiger partial charge is 0.411 e. The topological polar surface area (TPSA) is 78.9 Å². The lowest BCUT2D eigenvalue weighted by Crippen LogP contribution is -2.19. The summed E-state index contributed by atoms with van der Waals surface area (Å²) >= 11 is 0. The molecule has 2 aromatic rings. The number of nitrogens with zero attached hydrogens (tertiary/aromatic N) is 4. The van der Waals surface area contributed by atoms with E-state index in [1.54, 1.807) is 4.57 Å². The fourth-order valence-electron chi connectivity index (χ4n) is 1.41. The van der Waals surface area contributed by atoms with Gasteiger partial charge in [-0.2, -0.15) is 13.2 Å². The molecule has 9 heteroatoms. The standard InChI is InChI=1S/C9H10F3N5O/c10-9(11,12)3-18-2-1-17-5-16-6-7(13)14-4-15-8(6)17/h4-5H,1-3H2,(H2,13,14,15). The van der Waals surface area contributed by atoms with Crippen LogP contribution in [-0.2, 0) is 11.3 Å². The Balaban J connectivity index is 1.98. The first-order valence-corrected chi connectivity index (χ1v) is 5.03. The van der Waals surface area contributed by atoms with Gasteiger partial charge in [0.05, 0.1) is 12.9 Å². The molecular weight excluding hydrogens is 251 g/mol. The van der Waals surface area contributed by atoms with Crippen LogP contribution in [-0.4, -0.2) is 38.9 Å². The Hall–Kier alpha value is -1.90. The highest BCUT2D eigenvalue weighted by molar-refractivity contribution is 5.80. The van der Waals surface area contributed by atoms with Gasteiger partial charge in [-0.15, -0.1) is 0 Å². The highest BCUT2D eigenvalue weighted by Gasteiger charge is 2.27. The molecule has 0 saturated heterocycles. The number of aromatic nitrogens is 4. The molecule has 0 aliphatic rings. The van der Waals surface area contributed by atoms with E-state index in [0.717, 1.165) is 0 Å². The number of hydrogen-bond donors (Lipinski definition) is 1. The quantitative estimate of drug-likeness (QED) is 0.830. The minimum atomic E-state index is -4.32. The highest BCUT2D eigenvalue weighted by Crippen LogP contribution is 2.15. The van der Waals surface area contributed by atoms with Gasteiger partial charge in [-0.25, -0.2) is 15.0 Å². The van der Waals surface area contributed by atoms with Crippen molar-refractivity contribution in [1.29, 1.82) is 0 Å². The van der Waals surface area contributed by atoms with Crippen LogP contribution in [0.3, 0.4) is 0 Å². The third kappa shape index (κ3) is 2.86. The van der Waals surface area contributed by atoms with Crippen molar-refractivity contribution in [3.63, 3.8) is 0 Å². The molecule has 0 unspecified atom stereocenters. The predicted molar refractivity (Wildman–Crippen MR) is 56.6 cm³/mol. The van der Waals surface area contributed by atoms with Gasteiger partial charge in [-0.1, -0.05) is 0 Å². The van der Waals surface area contributed by atoms with E-state index in [0.29, 0.717) is 11.2 Å². The molecule has 0 fully saturated rings. The second kappa shape index (κ2) is 4.77. The van der Waals surface area contributed by atoms with Gasteiger partial charge in [-0.3, -0.25) is 0 Å². The van der Waals surface area contributed by atoms with Crippen LogP contribution in [0, 0.1) is 0 Å². The molecule has 98 valence electrons. The number of alkyl halides is 3. The van der Waals surface area contributed by atoms with Crippen molar-refractivity contribution in [3.8, 4) is 0 Å². The average molecular weight is 261 g/mol. The Morgan fingerprint density at radius 1 is 1.28 bits per heavy atom. The van der Waals surface area contributed by atoms with Crippen LogP contribution in [0.5, 0.6) is 0 Å². The van der Waals surface area contributed by atoms with Gasteiger partial charge in [-0.05, 0) is 0 Å². The van der Waals surface area contributed by atoms with E-state index in [4.69, 9.17) is 5.73 Å². The highest BCUT2D eigenvalue weighted by atomic mass is 19.4. The first-order valence-electron chi connectivity index (χ1n) is 5.03. The number of halogens is 3. The number of imidazole rings is 1. The Bertz CT molecular complexity index is 538. The summed E-state index contributed by atoms with van der Waals surface area (Å²) in [6.07, 6.45) is -1.61. The van der Waals surface area contributed by atoms with Crippen LogP contribution in [0.4, 0.5) is 19.0 Å². The number of rotatable bonds is 4. The van der Waals surface area contributed by atoms with E-state index in [1.807, 2.05) is 0 Å². The first-order chi connectivity index (χ1) is 8.47. The second-order valence-electron chi connectivity index (χ2n) is 3.54. The summed E-state index contributed by atoms with van der Waals surface area (Å²) in [6.45, 7) is -1.14. The second-order valence-corrected chi connectivity index (χ2v) is 3.54. The molecule has 6 nitrogen and oxygen atoms in total. The predicted octanol–water partition coefficient (Wildman–Crippen LogP) is 0.987. The van der Waals surface area contributed by atoms with Gasteiger partial charge in [0.1, 0.15) is 18.5 Å². The normalized spacial score (nSPS) is 12.2. The molecule has 0 saturated carbocycles. The molecule has 0 atom stereocenters. The lowest BCUT2D eigenvalue weighted by atomic mass is 10.5. The number of ether oxygens (including phenoxy) is 1. The van der Waals surface area contributed by atoms with Crippen LogP contribution in [0.2, 0.25) is 0 Å². The molecule has 0 amide bonds. The van der Waals surface area contributed by atoms with Crippen LogP contribution in [0.25, 0.3) is 11.2 Å². The summed E-state index contributed by atoms with van der Waals surface area (Å²) in [7, 11) is 0. The van der Waals surface area contributed by atoms with Gasteiger partial charge in [0.25, 0.3) is 0 Å². The van der Waals surface area contributed by atoms with Gasteiger partial charge in [0.2, 0.25) is 0 Å². The van der Waals surface area contributed by atoms with Crippen molar-refractivity contribution in [3.05, 3.63) is 12.7 Å². The van der Waals surface area contributed by atoms with Crippen molar-refractivity contribution in [1.82, 2.24) is 19.5 Å². The van der Waals surface area contributed by atoms with Gasteiger partial charge in [0, 0.05) is 6.54 Å². The third-order valence-corrected chi connectivity index (χ3v) is 2.17. The fraction of sp³-hybridized carbons (Fsp3) is 0.444. The lowest BCUT2D eigenvalue weighted by Gasteiger charge is -2.08. The van der Waals surface area contributed by atoms with E-state index in [9.17, 15) is 13.2 Å². The van der Waals surface area contributed by atoms with Crippen molar-refractivity contribution in [2.75, 3.05) is 18.9 Å². The minimum absolute atomic E-state index is 0.0884. The molecule has 0 aromatic carbocycles. The number of nitrogens with two attached hydrogens (primary N) is 1. The van der Waals surface area contributed by atoms with Crippen LogP contribution in [0.1, 0.15) is 0 Å². The molecule has 2 aromatic heterocycles. The van der Waals surface area contributed by atoms with Crippen molar-refractivity contribution < 1.29 is 17.9 Å². The maximum atomic E-state index is 11.8. The monoisotopic (exact) mass is 261 g/mol. The van der Waals surface area contributed by atoms with E-state index in [-0.39, 0.29) is 19.0 Å². The lowest BCUT2D eigenvalue weighted by molar-refractivity contribution is -0.174. The minimum Gasteiger partial charge on any atom is -0.382 e. The van der Waals surface area contributed by atoms with E-state index in [1.165, 1.54) is 12.7 Å². The molecule has 0 spiro atoms. The molecule has 0 radical (unpaired) electrons.